The van der Waals surface area contributed by atoms with Gasteiger partial charge in [0.1, 0.15) is 17.6 Å². The van der Waals surface area contributed by atoms with Crippen molar-refractivity contribution in [1.29, 1.82) is 5.26 Å². The summed E-state index contributed by atoms with van der Waals surface area (Å²) < 4.78 is 43.0. The third kappa shape index (κ3) is 3.48. The number of halogens is 3. The number of nitriles is 1. The molecule has 0 fully saturated rings. The lowest BCUT2D eigenvalue weighted by molar-refractivity contribution is -0.137. The van der Waals surface area contributed by atoms with Crippen molar-refractivity contribution in [1.82, 2.24) is 4.98 Å². The first-order valence-corrected chi connectivity index (χ1v) is 7.24. The number of nitrogens with zero attached hydrogens (tertiary/aromatic N) is 2. The summed E-state index contributed by atoms with van der Waals surface area (Å²) in [7, 11) is 1.53. The molecule has 2 aromatic carbocycles. The Hall–Kier alpha value is -3.27. The fourth-order valence-corrected chi connectivity index (χ4v) is 2.33. The molecule has 0 saturated carbocycles. The van der Waals surface area contributed by atoms with Gasteiger partial charge in [0, 0.05) is 17.1 Å². The Morgan fingerprint density at radius 2 is 1.80 bits per heavy atom. The molecule has 1 heterocycles. The number of fused-ring (bicyclic) bond motifs is 1. The van der Waals surface area contributed by atoms with Crippen LogP contribution in [0.1, 0.15) is 11.1 Å². The molecule has 126 valence electrons. The van der Waals surface area contributed by atoms with E-state index in [4.69, 9.17) is 4.74 Å². The Morgan fingerprint density at radius 1 is 1.08 bits per heavy atom. The van der Waals surface area contributed by atoms with E-state index in [9.17, 15) is 18.4 Å². The maximum atomic E-state index is 12.6. The minimum Gasteiger partial charge on any atom is -0.497 e. The van der Waals surface area contributed by atoms with Crippen molar-refractivity contribution in [3.63, 3.8) is 0 Å². The number of ether oxygens (including phenoxy) is 1. The lowest BCUT2D eigenvalue weighted by Gasteiger charge is -2.11. The molecule has 0 unspecified atom stereocenters. The Labute approximate surface area is 141 Å². The maximum Gasteiger partial charge on any atom is 0.416 e. The first-order chi connectivity index (χ1) is 11.9. The number of anilines is 2. The van der Waals surface area contributed by atoms with Crippen molar-refractivity contribution >= 4 is 22.4 Å². The number of hydrogen-bond donors (Lipinski definition) is 1. The minimum atomic E-state index is -4.39. The molecular formula is C18H12F3N3O. The van der Waals surface area contributed by atoms with Crippen LogP contribution in [-0.4, -0.2) is 12.1 Å². The summed E-state index contributed by atoms with van der Waals surface area (Å²) in [5.41, 5.74) is 0.555. The quantitative estimate of drug-likeness (QED) is 0.736. The highest BCUT2D eigenvalue weighted by atomic mass is 19.4. The van der Waals surface area contributed by atoms with Crippen LogP contribution in [0.2, 0.25) is 0 Å². The standard InChI is InChI=1S/C18H12F3N3O/c1-25-15-7-2-11-8-12(10-22)17(24-16(11)9-15)23-14-5-3-13(4-6-14)18(19,20)21/h2-9H,1H3,(H,23,24). The van der Waals surface area contributed by atoms with Crippen LogP contribution in [0.4, 0.5) is 24.7 Å². The van der Waals surface area contributed by atoms with E-state index in [1.54, 1.807) is 24.3 Å². The van der Waals surface area contributed by atoms with Crippen molar-refractivity contribution in [3.05, 3.63) is 59.7 Å². The molecule has 0 radical (unpaired) electrons. The Kier molecular flexibility index (Phi) is 4.19. The summed E-state index contributed by atoms with van der Waals surface area (Å²) >= 11 is 0. The second-order valence-corrected chi connectivity index (χ2v) is 5.26. The van der Waals surface area contributed by atoms with E-state index in [1.807, 2.05) is 6.07 Å². The molecular weight excluding hydrogens is 331 g/mol. The fraction of sp³-hybridized carbons (Fsp3) is 0.111. The van der Waals surface area contributed by atoms with Crippen LogP contribution in [0, 0.1) is 11.3 Å². The average molecular weight is 343 g/mol. The second-order valence-electron chi connectivity index (χ2n) is 5.26. The third-order valence-electron chi connectivity index (χ3n) is 3.62. The van der Waals surface area contributed by atoms with Gasteiger partial charge in [-0.15, -0.1) is 0 Å². The normalized spacial score (nSPS) is 11.2. The highest BCUT2D eigenvalue weighted by Crippen LogP contribution is 2.31. The number of methoxy groups -OCH3 is 1. The largest absolute Gasteiger partial charge is 0.497 e. The van der Waals surface area contributed by atoms with E-state index in [0.717, 1.165) is 17.5 Å². The van der Waals surface area contributed by atoms with Gasteiger partial charge in [-0.25, -0.2) is 4.98 Å². The molecule has 0 spiro atoms. The van der Waals surface area contributed by atoms with Crippen LogP contribution in [0.5, 0.6) is 5.75 Å². The molecule has 0 aliphatic carbocycles. The van der Waals surface area contributed by atoms with E-state index < -0.39 is 11.7 Å². The molecule has 0 aliphatic rings. The van der Waals surface area contributed by atoms with Crippen molar-refractivity contribution in [2.75, 3.05) is 12.4 Å². The van der Waals surface area contributed by atoms with Crippen molar-refractivity contribution < 1.29 is 17.9 Å². The summed E-state index contributed by atoms with van der Waals surface area (Å²) in [5.74, 6) is 0.883. The second kappa shape index (κ2) is 6.32. The smallest absolute Gasteiger partial charge is 0.416 e. The van der Waals surface area contributed by atoms with Gasteiger partial charge in [0.05, 0.1) is 23.8 Å². The zero-order valence-corrected chi connectivity index (χ0v) is 13.1. The highest BCUT2D eigenvalue weighted by molar-refractivity contribution is 5.85. The predicted molar refractivity (Wildman–Crippen MR) is 87.7 cm³/mol. The zero-order chi connectivity index (χ0) is 18.0. The predicted octanol–water partition coefficient (Wildman–Crippen LogP) is 4.88. The lowest BCUT2D eigenvalue weighted by Crippen LogP contribution is -2.04. The van der Waals surface area contributed by atoms with Crippen LogP contribution < -0.4 is 10.1 Å². The lowest BCUT2D eigenvalue weighted by atomic mass is 10.1. The number of nitrogens with one attached hydrogen (secondary N) is 1. The summed E-state index contributed by atoms with van der Waals surface area (Å²) in [6, 6.07) is 13.5. The van der Waals surface area contributed by atoms with Gasteiger partial charge in [0.15, 0.2) is 0 Å². The van der Waals surface area contributed by atoms with Gasteiger partial charge in [0.2, 0.25) is 0 Å². The van der Waals surface area contributed by atoms with Crippen LogP contribution in [0.15, 0.2) is 48.5 Å². The highest BCUT2D eigenvalue weighted by Gasteiger charge is 2.29. The molecule has 25 heavy (non-hydrogen) atoms. The molecule has 4 nitrogen and oxygen atoms in total. The first kappa shape index (κ1) is 16.6. The average Bonchev–Trinajstić information content (AvgIpc) is 2.60. The molecule has 3 aromatic rings. The van der Waals surface area contributed by atoms with E-state index in [0.29, 0.717) is 17.0 Å². The Morgan fingerprint density at radius 3 is 2.40 bits per heavy atom. The van der Waals surface area contributed by atoms with Crippen LogP contribution in [-0.2, 0) is 6.18 Å². The Balaban J connectivity index is 1.98. The maximum absolute atomic E-state index is 12.6. The SMILES string of the molecule is COc1ccc2cc(C#N)c(Nc3ccc(C(F)(F)F)cc3)nc2c1. The van der Waals surface area contributed by atoms with Gasteiger partial charge in [-0.3, -0.25) is 0 Å². The summed E-state index contributed by atoms with van der Waals surface area (Å²) in [6.07, 6.45) is -4.39. The van der Waals surface area contributed by atoms with Gasteiger partial charge in [-0.05, 0) is 42.5 Å². The molecule has 1 N–H and O–H groups in total. The van der Waals surface area contributed by atoms with Gasteiger partial charge >= 0.3 is 6.18 Å². The van der Waals surface area contributed by atoms with E-state index in [2.05, 4.69) is 10.3 Å². The molecule has 0 atom stereocenters. The molecule has 7 heteroatoms. The van der Waals surface area contributed by atoms with Crippen LogP contribution in [0.25, 0.3) is 10.9 Å². The number of rotatable bonds is 3. The third-order valence-corrected chi connectivity index (χ3v) is 3.62. The zero-order valence-electron chi connectivity index (χ0n) is 13.1. The number of hydrogen-bond acceptors (Lipinski definition) is 4. The van der Waals surface area contributed by atoms with Gasteiger partial charge in [-0.2, -0.15) is 18.4 Å². The number of benzene rings is 2. The van der Waals surface area contributed by atoms with E-state index in [1.165, 1.54) is 19.2 Å². The Bertz CT molecular complexity index is 960. The van der Waals surface area contributed by atoms with Gasteiger partial charge in [-0.1, -0.05) is 0 Å². The van der Waals surface area contributed by atoms with Gasteiger partial charge < -0.3 is 10.1 Å². The summed E-state index contributed by atoms with van der Waals surface area (Å²) in [4.78, 5) is 4.39. The molecule has 0 amide bonds. The molecule has 1 aromatic heterocycles. The van der Waals surface area contributed by atoms with E-state index >= 15 is 0 Å². The summed E-state index contributed by atoms with van der Waals surface area (Å²) in [5, 5.41) is 13.0. The molecule has 3 rings (SSSR count). The van der Waals surface area contributed by atoms with Crippen LogP contribution >= 0.6 is 0 Å². The van der Waals surface area contributed by atoms with Crippen molar-refractivity contribution in [2.45, 2.75) is 6.18 Å². The van der Waals surface area contributed by atoms with Crippen molar-refractivity contribution in [2.24, 2.45) is 0 Å². The number of aromatic nitrogens is 1. The molecule has 0 bridgehead atoms. The van der Waals surface area contributed by atoms with Gasteiger partial charge in [0.25, 0.3) is 0 Å². The number of alkyl halides is 3. The fourth-order valence-electron chi connectivity index (χ4n) is 2.33. The molecule has 0 saturated heterocycles. The minimum absolute atomic E-state index is 0.267. The number of pyridine rings is 1. The van der Waals surface area contributed by atoms with Crippen molar-refractivity contribution in [3.8, 4) is 11.8 Å². The van der Waals surface area contributed by atoms with E-state index in [-0.39, 0.29) is 11.4 Å². The molecule has 0 aliphatic heterocycles. The first-order valence-electron chi connectivity index (χ1n) is 7.24. The topological polar surface area (TPSA) is 57.9 Å². The monoisotopic (exact) mass is 343 g/mol. The summed E-state index contributed by atoms with van der Waals surface area (Å²) in [6.45, 7) is 0. The van der Waals surface area contributed by atoms with Crippen LogP contribution in [0.3, 0.4) is 0 Å².